The number of hydrogen-bond acceptors (Lipinski definition) is 6. The number of carbonyl (C=O) groups excluding carboxylic acids is 2. The number of thiol groups is 2. The van der Waals surface area contributed by atoms with E-state index < -0.39 is 12.1 Å². The number of carbonyl (C=O) groups is 2. The van der Waals surface area contributed by atoms with Crippen LogP contribution in [0.15, 0.2) is 0 Å². The molecule has 0 aromatic carbocycles. The van der Waals surface area contributed by atoms with Crippen LogP contribution < -0.4 is 34.9 Å². The minimum absolute atomic E-state index is 0. The first-order chi connectivity index (χ1) is 6.11. The van der Waals surface area contributed by atoms with Crippen molar-refractivity contribution in [1.29, 1.82) is 0 Å². The van der Waals surface area contributed by atoms with Gasteiger partial charge in [-0.05, 0) is 45.0 Å². The van der Waals surface area contributed by atoms with Gasteiger partial charge < -0.3 is 11.5 Å². The van der Waals surface area contributed by atoms with Gasteiger partial charge in [-0.1, -0.05) is 0 Å². The van der Waals surface area contributed by atoms with Gasteiger partial charge in [0.2, 0.25) is 0 Å². The van der Waals surface area contributed by atoms with Crippen molar-refractivity contribution >= 4 is 37.7 Å². The van der Waals surface area contributed by atoms with Gasteiger partial charge in [-0.25, -0.2) is 9.59 Å². The molecule has 0 aliphatic carbocycles. The number of hydrogen-bond donors (Lipinski definition) is 3. The van der Waals surface area contributed by atoms with Crippen LogP contribution in [-0.2, 0) is 9.53 Å². The van der Waals surface area contributed by atoms with E-state index >= 15 is 0 Å². The molecule has 0 aromatic heterocycles. The van der Waals surface area contributed by atoms with E-state index in [4.69, 9.17) is 0 Å². The summed E-state index contributed by atoms with van der Waals surface area (Å²) in [5.41, 5.74) is 0. The van der Waals surface area contributed by atoms with Crippen LogP contribution in [0.2, 0.25) is 0 Å². The fraction of sp³-hybridized carbons (Fsp3) is 0.667. The average molecular weight is 246 g/mol. The first-order valence-electron chi connectivity index (χ1n) is 3.78. The maximum absolute atomic E-state index is 11.2. The summed E-state index contributed by atoms with van der Waals surface area (Å²) in [4.78, 5) is 22.0. The summed E-state index contributed by atoms with van der Waals surface area (Å²) in [6, 6.07) is -0.370. The van der Waals surface area contributed by atoms with Crippen LogP contribution in [0.5, 0.6) is 0 Å². The summed E-state index contributed by atoms with van der Waals surface area (Å²) in [5.74, 6) is -0.574. The smallest absolute Gasteiger partial charge is 1.00 e. The van der Waals surface area contributed by atoms with Gasteiger partial charge in [0.05, 0.1) is 0 Å². The Morgan fingerprint density at radius 1 is 1.50 bits per heavy atom. The second-order valence-corrected chi connectivity index (χ2v) is 3.74. The van der Waals surface area contributed by atoms with Crippen LogP contribution in [0.4, 0.5) is 4.79 Å². The Morgan fingerprint density at radius 3 is 2.57 bits per heavy atom. The molecule has 8 heteroatoms. The predicted octanol–water partition coefficient (Wildman–Crippen LogP) is -2.49. The third kappa shape index (κ3) is 4.41. The summed E-state index contributed by atoms with van der Waals surface area (Å²) in [5, 5.41) is 2.91. The fourth-order valence-corrected chi connectivity index (χ4v) is 1.17. The molecule has 1 heterocycles. The number of rotatable bonds is 1. The molecule has 0 aromatic rings. The van der Waals surface area contributed by atoms with Gasteiger partial charge in [-0.2, -0.15) is 3.71 Å². The van der Waals surface area contributed by atoms with Crippen molar-refractivity contribution < 1.29 is 45.3 Å². The summed E-state index contributed by atoms with van der Waals surface area (Å²) >= 11 is 7.12. The zero-order valence-electron chi connectivity index (χ0n) is 8.77. The largest absolute Gasteiger partial charge is 1.00 e. The molecule has 1 atom stereocenters. The molecule has 5 nitrogen and oxygen atoms in total. The molecular formula is C6H11N2NaO3S2. The van der Waals surface area contributed by atoms with E-state index in [0.717, 1.165) is 13.0 Å². The Kier molecular flexibility index (Phi) is 7.27. The Bertz CT molecular complexity index is 226. The van der Waals surface area contributed by atoms with E-state index in [-0.39, 0.29) is 37.0 Å². The first-order valence-corrected chi connectivity index (χ1v) is 4.58. The number of esters is 1. The Morgan fingerprint density at radius 2 is 2.14 bits per heavy atom. The van der Waals surface area contributed by atoms with E-state index in [1.165, 1.54) is 0 Å². The van der Waals surface area contributed by atoms with Gasteiger partial charge in [0, 0.05) is 0 Å². The summed E-state index contributed by atoms with van der Waals surface area (Å²) in [6.45, 7) is 0.777. The topological polar surface area (TPSA) is 58.6 Å². The van der Waals surface area contributed by atoms with Crippen molar-refractivity contribution in [2.24, 2.45) is 0 Å². The van der Waals surface area contributed by atoms with Crippen molar-refractivity contribution in [2.75, 3.05) is 6.54 Å². The maximum atomic E-state index is 11.2. The Labute approximate surface area is 117 Å². The van der Waals surface area contributed by atoms with Crippen molar-refractivity contribution in [3.8, 4) is 0 Å². The molecule has 0 unspecified atom stereocenters. The predicted molar refractivity (Wildman–Crippen MR) is 53.4 cm³/mol. The van der Waals surface area contributed by atoms with Gasteiger partial charge in [-0.3, -0.25) is 0 Å². The van der Waals surface area contributed by atoms with Crippen molar-refractivity contribution in [1.82, 2.24) is 9.03 Å². The zero-order valence-corrected chi connectivity index (χ0v) is 11.6. The van der Waals surface area contributed by atoms with E-state index in [2.05, 4.69) is 35.7 Å². The molecule has 0 spiro atoms. The van der Waals surface area contributed by atoms with Crippen LogP contribution in [0.3, 0.4) is 0 Å². The third-order valence-electron chi connectivity index (χ3n) is 1.70. The SMILES string of the molecule is O=C(OC(=O)N(S)S)[C@@H]1CCCN1.[H-].[Na+]. The maximum Gasteiger partial charge on any atom is 1.00 e. The molecule has 1 aliphatic heterocycles. The quantitative estimate of drug-likeness (QED) is 0.207. The normalized spacial score (nSPS) is 19.7. The number of ether oxygens (including phenoxy) is 1. The minimum atomic E-state index is -0.884. The number of nitrogens with one attached hydrogen (secondary N) is 1. The number of amides is 1. The molecule has 1 aliphatic rings. The van der Waals surface area contributed by atoms with Crippen LogP contribution in [-0.4, -0.2) is 28.4 Å². The second-order valence-electron chi connectivity index (χ2n) is 2.63. The molecule has 1 rings (SSSR count). The van der Waals surface area contributed by atoms with E-state index in [9.17, 15) is 9.59 Å². The number of nitrogens with zero attached hydrogens (tertiary/aromatic N) is 1. The third-order valence-corrected chi connectivity index (χ3v) is 2.02. The van der Waals surface area contributed by atoms with Crippen molar-refractivity contribution in [3.63, 3.8) is 0 Å². The van der Waals surface area contributed by atoms with E-state index in [1.807, 2.05) is 0 Å². The fourth-order valence-electron chi connectivity index (χ4n) is 1.08. The Hall–Kier alpha value is 0.600. The van der Waals surface area contributed by atoms with Crippen LogP contribution in [0.25, 0.3) is 0 Å². The van der Waals surface area contributed by atoms with E-state index in [0.29, 0.717) is 10.1 Å². The molecular weight excluding hydrogens is 235 g/mol. The summed E-state index contributed by atoms with van der Waals surface area (Å²) in [7, 11) is 0. The molecule has 1 saturated heterocycles. The molecule has 0 saturated carbocycles. The van der Waals surface area contributed by atoms with Crippen LogP contribution in [0, 0.1) is 0 Å². The monoisotopic (exact) mass is 246 g/mol. The summed E-state index contributed by atoms with van der Waals surface area (Å²) in [6.07, 6.45) is 0.732. The standard InChI is InChI=1S/C6H10N2O3S2.Na.H/c9-5(4-2-1-3-7-4)11-6(10)8(12)13;;/h4,7,12-13H,1-3H2;;/q;+1;-1/t4-;;/m0../s1. The van der Waals surface area contributed by atoms with E-state index in [1.54, 1.807) is 0 Å². The van der Waals surface area contributed by atoms with Crippen molar-refractivity contribution in [2.45, 2.75) is 18.9 Å². The molecule has 1 N–H and O–H groups in total. The Balaban J connectivity index is 0. The van der Waals surface area contributed by atoms with Gasteiger partial charge in [0.25, 0.3) is 0 Å². The van der Waals surface area contributed by atoms with Gasteiger partial charge in [-0.15, -0.1) is 0 Å². The van der Waals surface area contributed by atoms with Crippen LogP contribution >= 0.6 is 25.6 Å². The molecule has 0 bridgehead atoms. The first kappa shape index (κ1) is 14.6. The molecule has 76 valence electrons. The van der Waals surface area contributed by atoms with Gasteiger partial charge in [0.1, 0.15) is 6.04 Å². The molecule has 1 amide bonds. The zero-order chi connectivity index (χ0) is 9.84. The minimum Gasteiger partial charge on any atom is -1.00 e. The summed E-state index contributed by atoms with van der Waals surface area (Å²) < 4.78 is 5.05. The molecule has 1 fully saturated rings. The average Bonchev–Trinajstić information content (AvgIpc) is 2.55. The van der Waals surface area contributed by atoms with Crippen LogP contribution in [0.1, 0.15) is 14.3 Å². The molecule has 14 heavy (non-hydrogen) atoms. The van der Waals surface area contributed by atoms with Crippen molar-refractivity contribution in [3.05, 3.63) is 0 Å². The van der Waals surface area contributed by atoms with Gasteiger partial charge >= 0.3 is 41.6 Å². The van der Waals surface area contributed by atoms with Gasteiger partial charge in [0.15, 0.2) is 0 Å². The molecule has 0 radical (unpaired) electrons. The second kappa shape index (κ2) is 6.97.